The molecule has 128 valence electrons. The van der Waals surface area contributed by atoms with E-state index < -0.39 is 10.0 Å². The van der Waals surface area contributed by atoms with Gasteiger partial charge in [0.15, 0.2) is 0 Å². The molecule has 0 spiro atoms. The first-order valence-corrected chi connectivity index (χ1v) is 9.88. The quantitative estimate of drug-likeness (QED) is 0.732. The van der Waals surface area contributed by atoms with Crippen LogP contribution >= 0.6 is 15.9 Å². The molecule has 4 nitrogen and oxygen atoms in total. The number of aryl methyl sites for hydroxylation is 3. The molecule has 0 bridgehead atoms. The zero-order valence-corrected chi connectivity index (χ0v) is 16.4. The highest BCUT2D eigenvalue weighted by molar-refractivity contribution is 9.12. The van der Waals surface area contributed by atoms with Crippen molar-refractivity contribution >= 4 is 37.4 Å². The largest absolute Gasteiger partial charge is 0.288 e. The van der Waals surface area contributed by atoms with E-state index in [-0.39, 0.29) is 20.9 Å². The second-order valence-electron chi connectivity index (χ2n) is 6.02. The van der Waals surface area contributed by atoms with Gasteiger partial charge in [0.2, 0.25) is 5.78 Å². The predicted molar refractivity (Wildman–Crippen MR) is 102 cm³/mol. The molecule has 2 aromatic carbocycles. The first-order valence-electron chi connectivity index (χ1n) is 7.65. The molecule has 0 aromatic heterocycles. The van der Waals surface area contributed by atoms with Gasteiger partial charge in [0.25, 0.3) is 10.0 Å². The standard InChI is InChI=1S/C19H16BrNO3S/c1-11-8-13(3)18(9-12(11)2)25(23,24)21-17-10-16(20)19(22)15-7-5-4-6-14(15)17/h4-10H,1-3H3. The zero-order valence-electron chi connectivity index (χ0n) is 14.0. The minimum Gasteiger partial charge on any atom is -0.288 e. The average Bonchev–Trinajstić information content (AvgIpc) is 2.55. The van der Waals surface area contributed by atoms with Gasteiger partial charge in [-0.05, 0) is 65.5 Å². The van der Waals surface area contributed by atoms with Gasteiger partial charge in [0.05, 0.1) is 15.1 Å². The van der Waals surface area contributed by atoms with E-state index >= 15 is 0 Å². The lowest BCUT2D eigenvalue weighted by molar-refractivity contribution is 0.104. The molecule has 1 aliphatic carbocycles. The number of hydrogen-bond acceptors (Lipinski definition) is 3. The van der Waals surface area contributed by atoms with Crippen LogP contribution < -0.4 is 0 Å². The minimum atomic E-state index is -3.90. The molecule has 0 saturated carbocycles. The number of carbonyl (C=O) groups is 1. The Kier molecular flexibility index (Phi) is 4.51. The van der Waals surface area contributed by atoms with Gasteiger partial charge in [-0.2, -0.15) is 12.8 Å². The molecule has 0 fully saturated rings. The summed E-state index contributed by atoms with van der Waals surface area (Å²) >= 11 is 3.20. The van der Waals surface area contributed by atoms with Gasteiger partial charge in [0.1, 0.15) is 0 Å². The number of carbonyl (C=O) groups excluding carboxylic acids is 1. The molecule has 25 heavy (non-hydrogen) atoms. The van der Waals surface area contributed by atoms with Gasteiger partial charge in [-0.1, -0.05) is 30.3 Å². The number of fused-ring (bicyclic) bond motifs is 1. The van der Waals surface area contributed by atoms with Crippen molar-refractivity contribution in [2.75, 3.05) is 0 Å². The van der Waals surface area contributed by atoms with Crippen LogP contribution in [0.25, 0.3) is 0 Å². The Morgan fingerprint density at radius 1 is 0.920 bits per heavy atom. The third kappa shape index (κ3) is 3.24. The molecule has 0 saturated heterocycles. The SMILES string of the molecule is Cc1cc(C)c(S(=O)(=O)N=C2C=C(Br)C(=O)c3ccccc32)cc1C. The molecular weight excluding hydrogens is 402 g/mol. The molecule has 0 unspecified atom stereocenters. The van der Waals surface area contributed by atoms with E-state index in [2.05, 4.69) is 20.3 Å². The fraction of sp³-hybridized carbons (Fsp3) is 0.158. The van der Waals surface area contributed by atoms with E-state index in [1.807, 2.05) is 19.9 Å². The molecule has 0 heterocycles. The minimum absolute atomic E-state index is 0.182. The fourth-order valence-electron chi connectivity index (χ4n) is 2.76. The number of benzene rings is 2. The highest BCUT2D eigenvalue weighted by atomic mass is 79.9. The van der Waals surface area contributed by atoms with Crippen molar-refractivity contribution in [1.29, 1.82) is 0 Å². The van der Waals surface area contributed by atoms with Crippen molar-refractivity contribution < 1.29 is 13.2 Å². The summed E-state index contributed by atoms with van der Waals surface area (Å²) < 4.78 is 30.0. The van der Waals surface area contributed by atoms with Crippen LogP contribution in [0, 0.1) is 20.8 Å². The summed E-state index contributed by atoms with van der Waals surface area (Å²) in [6, 6.07) is 10.3. The number of halogens is 1. The van der Waals surface area contributed by atoms with Crippen LogP contribution in [0.1, 0.15) is 32.6 Å². The second kappa shape index (κ2) is 6.35. The first-order chi connectivity index (χ1) is 11.7. The Morgan fingerprint density at radius 2 is 1.52 bits per heavy atom. The molecule has 2 aromatic rings. The van der Waals surface area contributed by atoms with E-state index in [1.54, 1.807) is 37.3 Å². The van der Waals surface area contributed by atoms with Crippen molar-refractivity contribution in [3.05, 3.63) is 74.8 Å². The summed E-state index contributed by atoms with van der Waals surface area (Å²) in [6.45, 7) is 5.56. The number of sulfonamides is 1. The van der Waals surface area contributed by atoms with Crippen molar-refractivity contribution in [2.24, 2.45) is 4.40 Å². The van der Waals surface area contributed by atoms with Crippen LogP contribution in [0.2, 0.25) is 0 Å². The number of rotatable bonds is 2. The first kappa shape index (κ1) is 17.8. The van der Waals surface area contributed by atoms with E-state index in [0.717, 1.165) is 11.1 Å². The number of hydrogen-bond donors (Lipinski definition) is 0. The zero-order chi connectivity index (χ0) is 18.4. The molecule has 0 N–H and O–H groups in total. The normalized spacial score (nSPS) is 15.9. The Hall–Kier alpha value is -2.05. The molecule has 1 aliphatic rings. The fourth-order valence-corrected chi connectivity index (χ4v) is 4.49. The monoisotopic (exact) mass is 417 g/mol. The van der Waals surface area contributed by atoms with Gasteiger partial charge in [-0.25, -0.2) is 0 Å². The lowest BCUT2D eigenvalue weighted by Gasteiger charge is -2.15. The molecular formula is C19H16BrNO3S. The van der Waals surface area contributed by atoms with Gasteiger partial charge in [-0.15, -0.1) is 0 Å². The van der Waals surface area contributed by atoms with Crippen molar-refractivity contribution in [3.63, 3.8) is 0 Å². The molecule has 6 heteroatoms. The van der Waals surface area contributed by atoms with Crippen LogP contribution in [0.15, 0.2) is 56.2 Å². The summed E-state index contributed by atoms with van der Waals surface area (Å²) in [6.07, 6.45) is 1.46. The molecule has 0 aliphatic heterocycles. The van der Waals surface area contributed by atoms with Crippen molar-refractivity contribution in [1.82, 2.24) is 0 Å². The summed E-state index contributed by atoms with van der Waals surface area (Å²) in [4.78, 5) is 12.4. The van der Waals surface area contributed by atoms with E-state index in [4.69, 9.17) is 0 Å². The highest BCUT2D eigenvalue weighted by Crippen LogP contribution is 2.27. The summed E-state index contributed by atoms with van der Waals surface area (Å²) in [7, 11) is -3.90. The van der Waals surface area contributed by atoms with Gasteiger partial charge in [-0.3, -0.25) is 4.79 Å². The molecule has 0 radical (unpaired) electrons. The smallest absolute Gasteiger partial charge is 0.283 e. The molecule has 0 amide bonds. The maximum Gasteiger partial charge on any atom is 0.283 e. The average molecular weight is 418 g/mol. The second-order valence-corrected chi connectivity index (χ2v) is 8.45. The lowest BCUT2D eigenvalue weighted by Crippen LogP contribution is -2.16. The van der Waals surface area contributed by atoms with Crippen molar-refractivity contribution in [2.45, 2.75) is 25.7 Å². The Morgan fingerprint density at radius 3 is 2.20 bits per heavy atom. The lowest BCUT2D eigenvalue weighted by atomic mass is 9.94. The third-order valence-electron chi connectivity index (χ3n) is 4.22. The molecule has 3 rings (SSSR count). The van der Waals surface area contributed by atoms with Gasteiger partial charge in [0, 0.05) is 11.1 Å². The van der Waals surface area contributed by atoms with Crippen LogP contribution in [0.3, 0.4) is 0 Å². The Labute approximate surface area is 155 Å². The highest BCUT2D eigenvalue weighted by Gasteiger charge is 2.25. The summed E-state index contributed by atoms with van der Waals surface area (Å²) in [5.74, 6) is -0.186. The van der Waals surface area contributed by atoms with Gasteiger partial charge < -0.3 is 0 Å². The number of allylic oxidation sites excluding steroid dienone is 2. The number of Topliss-reactive ketones (excluding diaryl/α,β-unsaturated/α-hetero) is 1. The van der Waals surface area contributed by atoms with E-state index in [0.29, 0.717) is 16.7 Å². The van der Waals surface area contributed by atoms with Gasteiger partial charge >= 0.3 is 0 Å². The summed E-state index contributed by atoms with van der Waals surface area (Å²) in [5.41, 5.74) is 3.76. The van der Waals surface area contributed by atoms with Crippen molar-refractivity contribution in [3.8, 4) is 0 Å². The Bertz CT molecular complexity index is 1070. The topological polar surface area (TPSA) is 63.6 Å². The number of ketones is 1. The predicted octanol–water partition coefficient (Wildman–Crippen LogP) is 4.26. The van der Waals surface area contributed by atoms with E-state index in [1.165, 1.54) is 6.08 Å². The summed E-state index contributed by atoms with van der Waals surface area (Å²) in [5, 5.41) is 0. The maximum atomic E-state index is 12.9. The van der Waals surface area contributed by atoms with E-state index in [9.17, 15) is 13.2 Å². The maximum absolute atomic E-state index is 12.9. The Balaban J connectivity index is 2.20. The third-order valence-corrected chi connectivity index (χ3v) is 6.24. The van der Waals surface area contributed by atoms with Crippen LogP contribution in [-0.4, -0.2) is 19.9 Å². The number of nitrogens with zero attached hydrogens (tertiary/aromatic N) is 1. The van der Waals surface area contributed by atoms with Crippen LogP contribution in [-0.2, 0) is 10.0 Å². The van der Waals surface area contributed by atoms with Crippen LogP contribution in [0.5, 0.6) is 0 Å². The van der Waals surface area contributed by atoms with Crippen LogP contribution in [0.4, 0.5) is 0 Å². The molecule has 0 atom stereocenters.